The van der Waals surface area contributed by atoms with Crippen molar-refractivity contribution in [3.05, 3.63) is 48.2 Å². The first kappa shape index (κ1) is 17.1. The van der Waals surface area contributed by atoms with Crippen LogP contribution in [-0.4, -0.2) is 25.1 Å². The summed E-state index contributed by atoms with van der Waals surface area (Å²) in [6, 6.07) is 5.99. The summed E-state index contributed by atoms with van der Waals surface area (Å²) in [6.45, 7) is 6.03. The second-order valence-electron chi connectivity index (χ2n) is 6.62. The van der Waals surface area contributed by atoms with E-state index < -0.39 is 11.9 Å². The minimum Gasteiger partial charge on any atom is -0.273 e. The average molecular weight is 347 g/mol. The Morgan fingerprint density at radius 1 is 0.920 bits per heavy atom. The number of H-pyrrole nitrogens is 1. The highest BCUT2D eigenvalue weighted by molar-refractivity contribution is 5.63. The summed E-state index contributed by atoms with van der Waals surface area (Å²) in [5.74, 6) is 0.703. The molecule has 0 spiro atoms. The number of aromatic nitrogens is 5. The van der Waals surface area contributed by atoms with Crippen LogP contribution in [0.15, 0.2) is 36.7 Å². The van der Waals surface area contributed by atoms with E-state index in [1.807, 2.05) is 25.9 Å². The lowest BCUT2D eigenvalue weighted by atomic mass is 9.96. The molecule has 25 heavy (non-hydrogen) atoms. The van der Waals surface area contributed by atoms with Crippen molar-refractivity contribution in [3.8, 4) is 22.6 Å². The van der Waals surface area contributed by atoms with Crippen LogP contribution in [0.2, 0.25) is 0 Å². The van der Waals surface area contributed by atoms with Crippen LogP contribution in [0.5, 0.6) is 0 Å². The lowest BCUT2D eigenvalue weighted by Gasteiger charge is -2.16. The maximum atomic E-state index is 12.7. The van der Waals surface area contributed by atoms with Crippen molar-refractivity contribution in [3.63, 3.8) is 0 Å². The Labute approximate surface area is 142 Å². The number of aromatic amines is 1. The molecule has 0 radical (unpaired) electrons. The first-order chi connectivity index (χ1) is 11.6. The van der Waals surface area contributed by atoms with Gasteiger partial charge in [-0.15, -0.1) is 0 Å². The van der Waals surface area contributed by atoms with Gasteiger partial charge in [0, 0.05) is 23.4 Å². The Kier molecular flexibility index (Phi) is 4.06. The van der Waals surface area contributed by atoms with Crippen molar-refractivity contribution < 1.29 is 13.2 Å². The van der Waals surface area contributed by atoms with Crippen LogP contribution < -0.4 is 0 Å². The zero-order valence-corrected chi connectivity index (χ0v) is 13.9. The predicted molar refractivity (Wildman–Crippen MR) is 86.5 cm³/mol. The van der Waals surface area contributed by atoms with Gasteiger partial charge in [0.1, 0.15) is 17.2 Å². The van der Waals surface area contributed by atoms with E-state index >= 15 is 0 Å². The van der Waals surface area contributed by atoms with Crippen LogP contribution in [0.1, 0.15) is 32.3 Å². The maximum Gasteiger partial charge on any atom is 0.432 e. The van der Waals surface area contributed by atoms with Crippen molar-refractivity contribution in [2.75, 3.05) is 0 Å². The van der Waals surface area contributed by atoms with Crippen molar-refractivity contribution in [2.45, 2.75) is 32.4 Å². The minimum atomic E-state index is -4.47. The molecule has 130 valence electrons. The van der Waals surface area contributed by atoms with Crippen LogP contribution in [-0.2, 0) is 11.6 Å². The van der Waals surface area contributed by atoms with Gasteiger partial charge in [-0.25, -0.2) is 15.0 Å². The van der Waals surface area contributed by atoms with Gasteiger partial charge in [-0.05, 0) is 18.2 Å². The van der Waals surface area contributed by atoms with Gasteiger partial charge in [-0.3, -0.25) is 5.10 Å². The molecule has 3 aromatic heterocycles. The number of nitrogens with zero attached hydrogens (tertiary/aromatic N) is 4. The molecule has 0 saturated heterocycles. The Hall–Kier alpha value is -2.77. The number of hydrogen-bond donors (Lipinski definition) is 1. The minimum absolute atomic E-state index is 0.126. The summed E-state index contributed by atoms with van der Waals surface area (Å²) in [7, 11) is 0. The molecule has 0 atom stereocenters. The lowest BCUT2D eigenvalue weighted by molar-refractivity contribution is -0.141. The number of hydrogen-bond acceptors (Lipinski definition) is 4. The average Bonchev–Trinajstić information content (AvgIpc) is 3.05. The summed E-state index contributed by atoms with van der Waals surface area (Å²) < 4.78 is 38.1. The van der Waals surface area contributed by atoms with E-state index in [0.29, 0.717) is 22.8 Å². The van der Waals surface area contributed by atoms with E-state index in [1.54, 1.807) is 30.6 Å². The molecule has 5 nitrogen and oxygen atoms in total. The van der Waals surface area contributed by atoms with E-state index in [4.69, 9.17) is 0 Å². The smallest absolute Gasteiger partial charge is 0.273 e. The Morgan fingerprint density at radius 3 is 2.12 bits per heavy atom. The summed E-state index contributed by atoms with van der Waals surface area (Å²) in [5, 5.41) is 5.68. The highest BCUT2D eigenvalue weighted by Crippen LogP contribution is 2.30. The Balaban J connectivity index is 1.93. The molecule has 0 aliphatic heterocycles. The molecule has 3 heterocycles. The SMILES string of the molecule is CC(C)(C)c1ncc(-c2cccc(-c3cc(C(F)(F)F)[nH]n3)n2)cn1. The number of halogens is 3. The molecule has 1 N–H and O–H groups in total. The van der Waals surface area contributed by atoms with Gasteiger partial charge in [0.25, 0.3) is 0 Å². The molecule has 0 aliphatic rings. The molecule has 0 aliphatic carbocycles. The van der Waals surface area contributed by atoms with Crippen LogP contribution in [0.4, 0.5) is 13.2 Å². The number of pyridine rings is 1. The van der Waals surface area contributed by atoms with Gasteiger partial charge in [0.15, 0.2) is 0 Å². The molecule has 0 fully saturated rings. The van der Waals surface area contributed by atoms with Crippen LogP contribution in [0.3, 0.4) is 0 Å². The molecule has 0 bridgehead atoms. The Morgan fingerprint density at radius 2 is 1.56 bits per heavy atom. The normalized spacial score (nSPS) is 12.4. The molecular weight excluding hydrogens is 331 g/mol. The third kappa shape index (κ3) is 3.67. The third-order valence-corrected chi connectivity index (χ3v) is 3.51. The summed E-state index contributed by atoms with van der Waals surface area (Å²) >= 11 is 0. The fourth-order valence-corrected chi connectivity index (χ4v) is 2.18. The quantitative estimate of drug-likeness (QED) is 0.753. The van der Waals surface area contributed by atoms with E-state index in [9.17, 15) is 13.2 Å². The fourth-order valence-electron chi connectivity index (χ4n) is 2.18. The second kappa shape index (κ2) is 5.94. The molecule has 0 saturated carbocycles. The first-order valence-corrected chi connectivity index (χ1v) is 7.57. The molecule has 0 unspecified atom stereocenters. The largest absolute Gasteiger partial charge is 0.432 e. The summed E-state index contributed by atoms with van der Waals surface area (Å²) in [4.78, 5) is 13.1. The van der Waals surface area contributed by atoms with Crippen LogP contribution in [0, 0.1) is 0 Å². The van der Waals surface area contributed by atoms with Crippen LogP contribution in [0.25, 0.3) is 22.6 Å². The molecular formula is C17H16F3N5. The third-order valence-electron chi connectivity index (χ3n) is 3.51. The van der Waals surface area contributed by atoms with Crippen molar-refractivity contribution in [2.24, 2.45) is 0 Å². The maximum absolute atomic E-state index is 12.7. The summed E-state index contributed by atoms with van der Waals surface area (Å²) in [6.07, 6.45) is -1.16. The molecule has 0 amide bonds. The van der Waals surface area contributed by atoms with Gasteiger partial charge in [0.05, 0.1) is 11.4 Å². The van der Waals surface area contributed by atoms with Crippen molar-refractivity contribution in [1.29, 1.82) is 0 Å². The van der Waals surface area contributed by atoms with E-state index in [2.05, 4.69) is 20.1 Å². The molecule has 3 rings (SSSR count). The fraction of sp³-hybridized carbons (Fsp3) is 0.294. The zero-order chi connectivity index (χ0) is 18.2. The Bertz CT molecular complexity index is 876. The highest BCUT2D eigenvalue weighted by atomic mass is 19.4. The molecule has 3 aromatic rings. The highest BCUT2D eigenvalue weighted by Gasteiger charge is 2.33. The van der Waals surface area contributed by atoms with E-state index in [1.165, 1.54) is 0 Å². The van der Waals surface area contributed by atoms with Gasteiger partial charge >= 0.3 is 6.18 Å². The van der Waals surface area contributed by atoms with Crippen molar-refractivity contribution in [1.82, 2.24) is 25.1 Å². The van der Waals surface area contributed by atoms with E-state index in [0.717, 1.165) is 6.07 Å². The number of nitrogens with one attached hydrogen (secondary N) is 1. The lowest BCUT2D eigenvalue weighted by Crippen LogP contribution is -2.15. The van der Waals surface area contributed by atoms with Gasteiger partial charge in [0.2, 0.25) is 0 Å². The van der Waals surface area contributed by atoms with Gasteiger partial charge in [-0.1, -0.05) is 26.8 Å². The van der Waals surface area contributed by atoms with Crippen molar-refractivity contribution >= 4 is 0 Å². The van der Waals surface area contributed by atoms with Gasteiger partial charge in [-0.2, -0.15) is 18.3 Å². The van der Waals surface area contributed by atoms with E-state index in [-0.39, 0.29) is 11.1 Å². The van der Waals surface area contributed by atoms with Crippen LogP contribution >= 0.6 is 0 Å². The van der Waals surface area contributed by atoms with Gasteiger partial charge < -0.3 is 0 Å². The monoisotopic (exact) mass is 347 g/mol. The second-order valence-corrected chi connectivity index (χ2v) is 6.62. The summed E-state index contributed by atoms with van der Waals surface area (Å²) in [5.41, 5.74) is 0.630. The molecule has 8 heteroatoms. The standard InChI is InChI=1S/C17H16F3N5/c1-16(2,3)15-21-8-10(9-22-15)11-5-4-6-12(23-11)13-7-14(25-24-13)17(18,19)20/h4-9H,1-3H3,(H,24,25). The number of alkyl halides is 3. The topological polar surface area (TPSA) is 67.3 Å². The number of rotatable bonds is 2. The predicted octanol–water partition coefficient (Wildman–Crippen LogP) is 4.25. The molecule has 0 aromatic carbocycles. The zero-order valence-electron chi connectivity index (χ0n) is 13.9. The first-order valence-electron chi connectivity index (χ1n) is 7.57.